The summed E-state index contributed by atoms with van der Waals surface area (Å²) in [6.07, 6.45) is 0.613. The van der Waals surface area contributed by atoms with Crippen LogP contribution in [0.1, 0.15) is 64.1 Å². The summed E-state index contributed by atoms with van der Waals surface area (Å²) in [5, 5.41) is 11.9. The monoisotopic (exact) mass is 567 g/mol. The molecule has 2 aliphatic carbocycles. The lowest BCUT2D eigenvalue weighted by atomic mass is 9.62. The van der Waals surface area contributed by atoms with E-state index in [1.165, 1.54) is 11.0 Å². The van der Waals surface area contributed by atoms with Gasteiger partial charge in [-0.2, -0.15) is 13.2 Å². The quantitative estimate of drug-likeness (QED) is 0.457. The van der Waals surface area contributed by atoms with Crippen molar-refractivity contribution in [2.45, 2.75) is 68.6 Å². The van der Waals surface area contributed by atoms with Crippen LogP contribution in [-0.2, 0) is 41.2 Å². The Morgan fingerprint density at radius 2 is 2.02 bits per heavy atom. The van der Waals surface area contributed by atoms with Crippen LogP contribution in [0.5, 0.6) is 0 Å². The Morgan fingerprint density at radius 3 is 2.68 bits per heavy atom. The highest BCUT2D eigenvalue weighted by molar-refractivity contribution is 6.10. The van der Waals surface area contributed by atoms with Crippen molar-refractivity contribution in [3.05, 3.63) is 76.4 Å². The Kier molecular flexibility index (Phi) is 6.26. The molecule has 0 radical (unpaired) electrons. The molecule has 8 nitrogen and oxygen atoms in total. The van der Waals surface area contributed by atoms with Crippen molar-refractivity contribution in [3.63, 3.8) is 0 Å². The van der Waals surface area contributed by atoms with Gasteiger partial charge in [0.25, 0.3) is 5.91 Å². The van der Waals surface area contributed by atoms with Crippen LogP contribution in [0, 0.1) is 5.92 Å². The minimum Gasteiger partial charge on any atom is -0.381 e. The van der Waals surface area contributed by atoms with Gasteiger partial charge in [-0.15, -0.1) is 10.2 Å². The molecule has 1 N–H and O–H groups in total. The standard InChI is InChI=1S/C30H32F3N5O3/c1-37-16-35-36-28(37)29(11-22(12-29)40-2)19-4-3-5-20(9-19)38-14-24-23(27(38)39)6-17(7-25(24)30(31,32)33)13-34-26-10-21-8-18(26)15-41-21/h3-7,9,16,18,21-22,26,34H,8,10-15H2,1-2H3/t18-,21-,22-,26?,29-/m0/s1. The summed E-state index contributed by atoms with van der Waals surface area (Å²) in [4.78, 5) is 15.1. The number of halogens is 3. The average Bonchev–Trinajstić information content (AvgIpc) is 3.72. The number of carbonyl (C=O) groups is 1. The van der Waals surface area contributed by atoms with Crippen molar-refractivity contribution in [2.24, 2.45) is 13.0 Å². The summed E-state index contributed by atoms with van der Waals surface area (Å²) >= 11 is 0. The third-order valence-electron chi connectivity index (χ3n) is 9.51. The first-order valence-electron chi connectivity index (χ1n) is 14.0. The first-order valence-corrected chi connectivity index (χ1v) is 14.0. The SMILES string of the molecule is CO[C@H]1C[C@](c2cccc(N3Cc4c(cc(CNC5C[C@@H]6C[C@H]5CO6)cc4C(F)(F)F)C3=O)c2)(c2nncn2C)C1. The van der Waals surface area contributed by atoms with Crippen molar-refractivity contribution in [1.82, 2.24) is 20.1 Å². The second-order valence-electron chi connectivity index (χ2n) is 11.9. The minimum atomic E-state index is -4.57. The van der Waals surface area contributed by atoms with E-state index in [9.17, 15) is 18.0 Å². The normalized spacial score (nSPS) is 28.8. The number of ether oxygens (including phenoxy) is 2. The van der Waals surface area contributed by atoms with Crippen LogP contribution in [-0.4, -0.2) is 52.6 Å². The molecule has 2 saturated carbocycles. The Hall–Kier alpha value is -3.28. The van der Waals surface area contributed by atoms with E-state index in [-0.39, 0.29) is 42.5 Å². The number of hydrogen-bond acceptors (Lipinski definition) is 6. The van der Waals surface area contributed by atoms with Crippen molar-refractivity contribution >= 4 is 11.6 Å². The van der Waals surface area contributed by atoms with E-state index in [1.54, 1.807) is 25.6 Å². The van der Waals surface area contributed by atoms with Gasteiger partial charge in [-0.3, -0.25) is 4.79 Å². The molecule has 2 bridgehead atoms. The zero-order valence-corrected chi connectivity index (χ0v) is 22.9. The van der Waals surface area contributed by atoms with Gasteiger partial charge in [-0.05, 0) is 66.6 Å². The number of anilines is 1. The number of aromatic nitrogens is 3. The van der Waals surface area contributed by atoms with Crippen LogP contribution in [0.2, 0.25) is 0 Å². The molecule has 2 aromatic carbocycles. The molecule has 1 amide bonds. The number of aryl methyl sites for hydroxylation is 1. The molecule has 216 valence electrons. The van der Waals surface area contributed by atoms with E-state index in [0.717, 1.165) is 24.2 Å². The highest BCUT2D eigenvalue weighted by atomic mass is 19.4. The zero-order valence-electron chi connectivity index (χ0n) is 22.9. The summed E-state index contributed by atoms with van der Waals surface area (Å²) in [6.45, 7) is 0.826. The minimum absolute atomic E-state index is 0.0242. The smallest absolute Gasteiger partial charge is 0.381 e. The predicted octanol–water partition coefficient (Wildman–Crippen LogP) is 4.36. The van der Waals surface area contributed by atoms with E-state index >= 15 is 0 Å². The molecule has 0 spiro atoms. The van der Waals surface area contributed by atoms with Crippen LogP contribution in [0.4, 0.5) is 18.9 Å². The Labute approximate surface area is 235 Å². The third-order valence-corrected chi connectivity index (χ3v) is 9.51. The fourth-order valence-corrected chi connectivity index (χ4v) is 7.30. The highest BCUT2D eigenvalue weighted by Gasteiger charge is 2.51. The maximum atomic E-state index is 14.3. The van der Waals surface area contributed by atoms with Crippen LogP contribution in [0.25, 0.3) is 0 Å². The number of methoxy groups -OCH3 is 1. The lowest BCUT2D eigenvalue weighted by molar-refractivity contribution is -0.138. The second-order valence-corrected chi connectivity index (χ2v) is 11.9. The fourth-order valence-electron chi connectivity index (χ4n) is 7.30. The molecular weight excluding hydrogens is 535 g/mol. The van der Waals surface area contributed by atoms with Gasteiger partial charge in [-0.25, -0.2) is 0 Å². The number of benzene rings is 2. The number of hydrogen-bond donors (Lipinski definition) is 1. The van der Waals surface area contributed by atoms with E-state index in [2.05, 4.69) is 15.5 Å². The number of amides is 1. The van der Waals surface area contributed by atoms with Gasteiger partial charge in [0.2, 0.25) is 0 Å². The second kappa shape index (κ2) is 9.64. The van der Waals surface area contributed by atoms with Crippen LogP contribution in [0.15, 0.2) is 42.7 Å². The van der Waals surface area contributed by atoms with Gasteiger partial charge in [0.05, 0.1) is 36.3 Å². The molecule has 11 heteroatoms. The predicted molar refractivity (Wildman–Crippen MR) is 143 cm³/mol. The van der Waals surface area contributed by atoms with E-state index in [1.807, 2.05) is 29.8 Å². The van der Waals surface area contributed by atoms with Gasteiger partial charge in [0.15, 0.2) is 0 Å². The summed E-state index contributed by atoms with van der Waals surface area (Å²) < 4.78 is 56.0. The van der Waals surface area contributed by atoms with Crippen molar-refractivity contribution in [1.29, 1.82) is 0 Å². The van der Waals surface area contributed by atoms with Gasteiger partial charge in [0, 0.05) is 43.9 Å². The Bertz CT molecular complexity index is 1500. The first kappa shape index (κ1) is 26.6. The Morgan fingerprint density at radius 1 is 1.20 bits per heavy atom. The van der Waals surface area contributed by atoms with Crippen molar-refractivity contribution < 1.29 is 27.4 Å². The molecule has 3 heterocycles. The van der Waals surface area contributed by atoms with E-state index < -0.39 is 23.1 Å². The van der Waals surface area contributed by atoms with Gasteiger partial charge >= 0.3 is 6.18 Å². The average molecular weight is 568 g/mol. The fraction of sp³-hybridized carbons (Fsp3) is 0.500. The largest absolute Gasteiger partial charge is 0.416 e. The number of alkyl halides is 3. The van der Waals surface area contributed by atoms with Gasteiger partial charge in [0.1, 0.15) is 12.2 Å². The number of nitrogens with one attached hydrogen (secondary N) is 1. The topological polar surface area (TPSA) is 81.5 Å². The zero-order chi connectivity index (χ0) is 28.5. The summed E-state index contributed by atoms with van der Waals surface area (Å²) in [5.74, 6) is 0.757. The molecule has 1 saturated heterocycles. The first-order chi connectivity index (χ1) is 19.7. The summed E-state index contributed by atoms with van der Waals surface area (Å²) in [5.41, 5.74) is 0.885. The molecule has 41 heavy (non-hydrogen) atoms. The Balaban J connectivity index is 1.19. The number of fused-ring (bicyclic) bond motifs is 3. The van der Waals surface area contributed by atoms with Gasteiger partial charge < -0.3 is 24.3 Å². The van der Waals surface area contributed by atoms with Gasteiger partial charge in [-0.1, -0.05) is 12.1 Å². The molecule has 3 fully saturated rings. The molecule has 7 rings (SSSR count). The number of nitrogens with zero attached hydrogens (tertiary/aromatic N) is 4. The lowest BCUT2D eigenvalue weighted by Crippen LogP contribution is -2.48. The van der Waals surface area contributed by atoms with Crippen LogP contribution >= 0.6 is 0 Å². The maximum Gasteiger partial charge on any atom is 0.416 e. The van der Waals surface area contributed by atoms with Crippen LogP contribution < -0.4 is 10.2 Å². The van der Waals surface area contributed by atoms with E-state index in [0.29, 0.717) is 36.6 Å². The molecule has 2 aliphatic heterocycles. The molecule has 4 aliphatic rings. The number of carbonyl (C=O) groups excluding carboxylic acids is 1. The maximum absolute atomic E-state index is 14.3. The van der Waals surface area contributed by atoms with Crippen LogP contribution in [0.3, 0.4) is 0 Å². The van der Waals surface area contributed by atoms with E-state index in [4.69, 9.17) is 9.47 Å². The molecular formula is C30H32F3N5O3. The molecule has 1 aromatic heterocycles. The lowest BCUT2D eigenvalue weighted by Gasteiger charge is -2.46. The summed E-state index contributed by atoms with van der Waals surface area (Å²) in [6, 6.07) is 10.5. The third kappa shape index (κ3) is 4.36. The van der Waals surface area contributed by atoms with Crippen molar-refractivity contribution in [3.8, 4) is 0 Å². The molecule has 3 aromatic rings. The summed E-state index contributed by atoms with van der Waals surface area (Å²) in [7, 11) is 3.56. The molecule has 3 atom stereocenters. The highest BCUT2D eigenvalue weighted by Crippen LogP contribution is 2.50. The number of rotatable bonds is 7. The molecule has 1 unspecified atom stereocenters. The van der Waals surface area contributed by atoms with Crippen molar-refractivity contribution in [2.75, 3.05) is 18.6 Å².